The summed E-state index contributed by atoms with van der Waals surface area (Å²) in [6, 6.07) is 3.86. The molecule has 2 rings (SSSR count). The average molecular weight is 264 g/mol. The van der Waals surface area contributed by atoms with Crippen LogP contribution in [-0.4, -0.2) is 49.3 Å². The average Bonchev–Trinajstić information content (AvgIpc) is 2.98. The molecule has 104 valence electrons. The van der Waals surface area contributed by atoms with E-state index in [2.05, 4.69) is 4.98 Å². The molecule has 1 saturated heterocycles. The van der Waals surface area contributed by atoms with Crippen LogP contribution in [0.1, 0.15) is 12.0 Å². The number of carbonyl (C=O) groups excluding carboxylic acids is 1. The summed E-state index contributed by atoms with van der Waals surface area (Å²) >= 11 is 0. The van der Waals surface area contributed by atoms with E-state index in [1.54, 1.807) is 19.5 Å². The fourth-order valence-corrected chi connectivity index (χ4v) is 2.16. The minimum atomic E-state index is -0.00121. The molecule has 0 radical (unpaired) electrons. The third kappa shape index (κ3) is 4.01. The SMILES string of the molecule is COCCN(Cc1ccncc1)C(=O)[C@H]1CCOC1. The molecule has 5 nitrogen and oxygen atoms in total. The third-order valence-electron chi connectivity index (χ3n) is 3.28. The van der Waals surface area contributed by atoms with Crippen LogP contribution < -0.4 is 0 Å². The molecule has 1 aliphatic rings. The maximum absolute atomic E-state index is 12.4. The van der Waals surface area contributed by atoms with E-state index in [-0.39, 0.29) is 11.8 Å². The van der Waals surface area contributed by atoms with Crippen LogP contribution in [0.5, 0.6) is 0 Å². The Hall–Kier alpha value is -1.46. The largest absolute Gasteiger partial charge is 0.383 e. The van der Waals surface area contributed by atoms with Gasteiger partial charge in [0.2, 0.25) is 5.91 Å². The van der Waals surface area contributed by atoms with Crippen LogP contribution in [0.15, 0.2) is 24.5 Å². The van der Waals surface area contributed by atoms with Gasteiger partial charge in [0, 0.05) is 39.2 Å². The van der Waals surface area contributed by atoms with Crippen molar-refractivity contribution in [2.24, 2.45) is 5.92 Å². The lowest BCUT2D eigenvalue weighted by Crippen LogP contribution is -2.38. The third-order valence-corrected chi connectivity index (χ3v) is 3.28. The Balaban J connectivity index is 2.00. The van der Waals surface area contributed by atoms with Crippen molar-refractivity contribution in [3.63, 3.8) is 0 Å². The molecule has 0 saturated carbocycles. The van der Waals surface area contributed by atoms with E-state index in [0.717, 1.165) is 12.0 Å². The van der Waals surface area contributed by atoms with Crippen LogP contribution in [0.3, 0.4) is 0 Å². The van der Waals surface area contributed by atoms with Gasteiger partial charge in [0.1, 0.15) is 0 Å². The number of hydrogen-bond donors (Lipinski definition) is 0. The van der Waals surface area contributed by atoms with E-state index in [4.69, 9.17) is 9.47 Å². The molecule has 0 aromatic carbocycles. The maximum atomic E-state index is 12.4. The quantitative estimate of drug-likeness (QED) is 0.772. The second kappa shape index (κ2) is 7.21. The van der Waals surface area contributed by atoms with Gasteiger partial charge in [-0.2, -0.15) is 0 Å². The molecule has 0 bridgehead atoms. The molecule has 1 aromatic heterocycles. The smallest absolute Gasteiger partial charge is 0.228 e. The number of methoxy groups -OCH3 is 1. The summed E-state index contributed by atoms with van der Waals surface area (Å²) in [7, 11) is 1.65. The first-order valence-electron chi connectivity index (χ1n) is 6.55. The normalized spacial score (nSPS) is 18.5. The zero-order valence-corrected chi connectivity index (χ0v) is 11.2. The minimum absolute atomic E-state index is 0.00121. The Morgan fingerprint density at radius 2 is 2.32 bits per heavy atom. The molecule has 19 heavy (non-hydrogen) atoms. The van der Waals surface area contributed by atoms with Gasteiger partial charge in [-0.25, -0.2) is 0 Å². The van der Waals surface area contributed by atoms with E-state index < -0.39 is 0 Å². The molecule has 1 amide bonds. The molecule has 0 aliphatic carbocycles. The second-order valence-electron chi connectivity index (χ2n) is 4.67. The fraction of sp³-hybridized carbons (Fsp3) is 0.571. The highest BCUT2D eigenvalue weighted by molar-refractivity contribution is 5.79. The molecule has 1 fully saturated rings. The Bertz CT molecular complexity index is 391. The van der Waals surface area contributed by atoms with Gasteiger partial charge >= 0.3 is 0 Å². The van der Waals surface area contributed by atoms with E-state index >= 15 is 0 Å². The summed E-state index contributed by atoms with van der Waals surface area (Å²) in [4.78, 5) is 18.3. The maximum Gasteiger partial charge on any atom is 0.228 e. The molecule has 1 aromatic rings. The lowest BCUT2D eigenvalue weighted by atomic mass is 10.1. The number of amides is 1. The van der Waals surface area contributed by atoms with Gasteiger partial charge in [-0.05, 0) is 24.1 Å². The van der Waals surface area contributed by atoms with Crippen molar-refractivity contribution >= 4 is 5.91 Å². The Labute approximate surface area is 113 Å². The van der Waals surface area contributed by atoms with Crippen LogP contribution in [0, 0.1) is 5.92 Å². The van der Waals surface area contributed by atoms with E-state index in [1.807, 2.05) is 17.0 Å². The minimum Gasteiger partial charge on any atom is -0.383 e. The number of pyridine rings is 1. The van der Waals surface area contributed by atoms with Crippen molar-refractivity contribution in [2.75, 3.05) is 33.5 Å². The zero-order valence-electron chi connectivity index (χ0n) is 11.2. The molecular weight excluding hydrogens is 244 g/mol. The van der Waals surface area contributed by atoms with Crippen LogP contribution in [-0.2, 0) is 20.8 Å². The van der Waals surface area contributed by atoms with Crippen molar-refractivity contribution in [2.45, 2.75) is 13.0 Å². The predicted molar refractivity (Wildman–Crippen MR) is 70.5 cm³/mol. The number of hydrogen-bond acceptors (Lipinski definition) is 4. The molecule has 0 unspecified atom stereocenters. The number of aromatic nitrogens is 1. The molecule has 2 heterocycles. The van der Waals surface area contributed by atoms with Gasteiger partial charge in [-0.1, -0.05) is 0 Å². The van der Waals surface area contributed by atoms with E-state index in [0.29, 0.717) is 32.9 Å². The molecule has 0 N–H and O–H groups in total. The summed E-state index contributed by atoms with van der Waals surface area (Å²) in [5.41, 5.74) is 1.08. The highest BCUT2D eigenvalue weighted by Crippen LogP contribution is 2.17. The van der Waals surface area contributed by atoms with Crippen molar-refractivity contribution in [3.8, 4) is 0 Å². The van der Waals surface area contributed by atoms with Gasteiger partial charge < -0.3 is 14.4 Å². The number of ether oxygens (including phenoxy) is 2. The summed E-state index contributed by atoms with van der Waals surface area (Å²) < 4.78 is 10.4. The summed E-state index contributed by atoms with van der Waals surface area (Å²) in [6.07, 6.45) is 4.30. The number of carbonyl (C=O) groups is 1. The van der Waals surface area contributed by atoms with E-state index in [1.165, 1.54) is 0 Å². The lowest BCUT2D eigenvalue weighted by molar-refractivity contribution is -0.136. The summed E-state index contributed by atoms with van der Waals surface area (Å²) in [6.45, 7) is 2.97. The molecule has 1 atom stereocenters. The lowest BCUT2D eigenvalue weighted by Gasteiger charge is -2.25. The Morgan fingerprint density at radius 3 is 2.95 bits per heavy atom. The zero-order chi connectivity index (χ0) is 13.5. The highest BCUT2D eigenvalue weighted by atomic mass is 16.5. The van der Waals surface area contributed by atoms with Gasteiger partial charge in [-0.15, -0.1) is 0 Å². The van der Waals surface area contributed by atoms with Crippen LogP contribution >= 0.6 is 0 Å². The Kier molecular flexibility index (Phi) is 5.30. The Morgan fingerprint density at radius 1 is 1.53 bits per heavy atom. The topological polar surface area (TPSA) is 51.7 Å². The summed E-state index contributed by atoms with van der Waals surface area (Å²) in [5.74, 6) is 0.157. The first-order valence-corrected chi connectivity index (χ1v) is 6.55. The molecule has 5 heteroatoms. The summed E-state index contributed by atoms with van der Waals surface area (Å²) in [5, 5.41) is 0. The highest BCUT2D eigenvalue weighted by Gasteiger charge is 2.27. The standard InChI is InChI=1S/C14H20N2O3/c1-18-9-7-16(10-12-2-5-15-6-3-12)14(17)13-4-8-19-11-13/h2-3,5-6,13H,4,7-11H2,1H3/t13-/m0/s1. The van der Waals surface area contributed by atoms with Crippen molar-refractivity contribution in [3.05, 3.63) is 30.1 Å². The molecular formula is C14H20N2O3. The van der Waals surface area contributed by atoms with Crippen molar-refractivity contribution in [1.29, 1.82) is 0 Å². The number of nitrogens with zero attached hydrogens (tertiary/aromatic N) is 2. The fourth-order valence-electron chi connectivity index (χ4n) is 2.16. The van der Waals surface area contributed by atoms with Crippen LogP contribution in [0.25, 0.3) is 0 Å². The predicted octanol–water partition coefficient (Wildman–Crippen LogP) is 1.09. The first-order chi connectivity index (χ1) is 9.31. The van der Waals surface area contributed by atoms with E-state index in [9.17, 15) is 4.79 Å². The van der Waals surface area contributed by atoms with Crippen LogP contribution in [0.2, 0.25) is 0 Å². The van der Waals surface area contributed by atoms with Gasteiger partial charge in [0.15, 0.2) is 0 Å². The van der Waals surface area contributed by atoms with Gasteiger partial charge in [-0.3, -0.25) is 9.78 Å². The first kappa shape index (κ1) is 14.0. The van der Waals surface area contributed by atoms with Crippen molar-refractivity contribution in [1.82, 2.24) is 9.88 Å². The van der Waals surface area contributed by atoms with Crippen molar-refractivity contribution < 1.29 is 14.3 Å². The molecule has 0 spiro atoms. The monoisotopic (exact) mass is 264 g/mol. The van der Waals surface area contributed by atoms with Gasteiger partial charge in [0.05, 0.1) is 19.1 Å². The molecule has 1 aliphatic heterocycles. The second-order valence-corrected chi connectivity index (χ2v) is 4.67. The van der Waals surface area contributed by atoms with Gasteiger partial charge in [0.25, 0.3) is 0 Å². The number of rotatable bonds is 6. The van der Waals surface area contributed by atoms with Crippen LogP contribution in [0.4, 0.5) is 0 Å².